The molecule has 0 saturated carbocycles. The highest BCUT2D eigenvalue weighted by molar-refractivity contribution is 7.98. The first-order valence-corrected chi connectivity index (χ1v) is 11.3. The van der Waals surface area contributed by atoms with Gasteiger partial charge in [0, 0.05) is 44.5 Å². The first-order valence-electron chi connectivity index (χ1n) is 10.3. The topological polar surface area (TPSA) is 84.2 Å². The van der Waals surface area contributed by atoms with Gasteiger partial charge in [-0.15, -0.1) is 0 Å². The third-order valence-corrected chi connectivity index (χ3v) is 5.42. The number of hydrogen-bond acceptors (Lipinski definition) is 7. The molecule has 0 aromatic carbocycles. The van der Waals surface area contributed by atoms with Crippen molar-refractivity contribution in [3.05, 3.63) is 65.5 Å². The average Bonchev–Trinajstić information content (AvgIpc) is 3.27. The van der Waals surface area contributed by atoms with Crippen molar-refractivity contribution in [2.75, 3.05) is 25.0 Å². The molecular weight excluding hydrogens is 455 g/mol. The summed E-state index contributed by atoms with van der Waals surface area (Å²) in [6.07, 6.45) is -1.54. The Labute approximate surface area is 193 Å². The van der Waals surface area contributed by atoms with E-state index in [1.54, 1.807) is 24.2 Å². The van der Waals surface area contributed by atoms with Gasteiger partial charge in [0.05, 0.1) is 5.75 Å². The van der Waals surface area contributed by atoms with E-state index in [0.29, 0.717) is 25.3 Å². The fraction of sp³-hybridized carbons (Fsp3) is 0.364. The minimum Gasteiger partial charge on any atom is -0.455 e. The predicted molar refractivity (Wildman–Crippen MR) is 119 cm³/mol. The number of carbonyl (C=O) groups excluding carboxylic acids is 1. The SMILES string of the molecule is CCCN(C)c1cc(C(F)(F)F)nc(SCc2ccc(C(=O)NCCc3ccccn3)o2)n1. The van der Waals surface area contributed by atoms with Crippen molar-refractivity contribution in [3.63, 3.8) is 0 Å². The summed E-state index contributed by atoms with van der Waals surface area (Å²) in [5.74, 6) is 0.564. The summed E-state index contributed by atoms with van der Waals surface area (Å²) in [5, 5.41) is 2.74. The number of anilines is 1. The van der Waals surface area contributed by atoms with Crippen LogP contribution >= 0.6 is 11.8 Å². The summed E-state index contributed by atoms with van der Waals surface area (Å²) in [7, 11) is 1.69. The van der Waals surface area contributed by atoms with E-state index in [4.69, 9.17) is 4.42 Å². The Morgan fingerprint density at radius 2 is 2.03 bits per heavy atom. The summed E-state index contributed by atoms with van der Waals surface area (Å²) in [5.41, 5.74) is -0.134. The molecule has 3 aromatic rings. The molecule has 0 aliphatic carbocycles. The zero-order chi connectivity index (χ0) is 23.8. The van der Waals surface area contributed by atoms with Gasteiger partial charge in [-0.05, 0) is 30.7 Å². The molecule has 0 aliphatic heterocycles. The van der Waals surface area contributed by atoms with Gasteiger partial charge in [-0.3, -0.25) is 9.78 Å². The highest BCUT2D eigenvalue weighted by Gasteiger charge is 2.34. The molecule has 7 nitrogen and oxygen atoms in total. The molecule has 0 spiro atoms. The standard InChI is InChI=1S/C22H24F3N5O2S/c1-3-12-30(2)19-13-18(22(23,24)25)28-21(29-19)33-14-16-7-8-17(32-16)20(31)27-11-9-15-6-4-5-10-26-15/h4-8,10,13H,3,9,11-12,14H2,1-2H3,(H,27,31). The van der Waals surface area contributed by atoms with Gasteiger partial charge in [0.15, 0.2) is 16.6 Å². The molecule has 3 heterocycles. The Morgan fingerprint density at radius 1 is 1.21 bits per heavy atom. The minimum atomic E-state index is -4.58. The first-order chi connectivity index (χ1) is 15.8. The first kappa shape index (κ1) is 24.6. The van der Waals surface area contributed by atoms with Gasteiger partial charge in [-0.2, -0.15) is 13.2 Å². The van der Waals surface area contributed by atoms with Crippen LogP contribution in [-0.4, -0.2) is 41.0 Å². The lowest BCUT2D eigenvalue weighted by molar-refractivity contribution is -0.141. The summed E-state index contributed by atoms with van der Waals surface area (Å²) in [6, 6.07) is 9.65. The Balaban J connectivity index is 1.60. The van der Waals surface area contributed by atoms with Crippen LogP contribution in [0.4, 0.5) is 19.0 Å². The second-order valence-corrected chi connectivity index (χ2v) is 8.14. The lowest BCUT2D eigenvalue weighted by Gasteiger charge is -2.19. The fourth-order valence-electron chi connectivity index (χ4n) is 2.92. The largest absolute Gasteiger partial charge is 0.455 e. The quantitative estimate of drug-likeness (QED) is 0.336. The minimum absolute atomic E-state index is 0.0134. The number of halogens is 3. The van der Waals surface area contributed by atoms with Crippen molar-refractivity contribution in [1.29, 1.82) is 0 Å². The number of aromatic nitrogens is 3. The predicted octanol–water partition coefficient (Wildman–Crippen LogP) is 4.59. The number of amides is 1. The number of pyridine rings is 1. The van der Waals surface area contributed by atoms with Gasteiger partial charge >= 0.3 is 6.18 Å². The van der Waals surface area contributed by atoms with Crippen LogP contribution in [0, 0.1) is 0 Å². The van der Waals surface area contributed by atoms with Crippen LogP contribution in [0.25, 0.3) is 0 Å². The van der Waals surface area contributed by atoms with Gasteiger partial charge in [-0.25, -0.2) is 9.97 Å². The third-order valence-electron chi connectivity index (χ3n) is 4.55. The van der Waals surface area contributed by atoms with Gasteiger partial charge in [0.1, 0.15) is 11.6 Å². The number of hydrogen-bond donors (Lipinski definition) is 1. The van der Waals surface area contributed by atoms with Crippen LogP contribution in [0.2, 0.25) is 0 Å². The number of rotatable bonds is 10. The summed E-state index contributed by atoms with van der Waals surface area (Å²) in [4.78, 5) is 26.0. The van der Waals surface area contributed by atoms with Crippen molar-refractivity contribution >= 4 is 23.5 Å². The van der Waals surface area contributed by atoms with Gasteiger partial charge < -0.3 is 14.6 Å². The van der Waals surface area contributed by atoms with E-state index in [1.807, 2.05) is 25.1 Å². The van der Waals surface area contributed by atoms with Crippen molar-refractivity contribution in [2.45, 2.75) is 36.9 Å². The molecule has 3 rings (SSSR count). The zero-order valence-electron chi connectivity index (χ0n) is 18.2. The number of nitrogens with one attached hydrogen (secondary N) is 1. The molecule has 1 amide bonds. The molecule has 33 heavy (non-hydrogen) atoms. The van der Waals surface area contributed by atoms with E-state index >= 15 is 0 Å². The zero-order valence-corrected chi connectivity index (χ0v) is 19.0. The number of nitrogens with zero attached hydrogens (tertiary/aromatic N) is 4. The molecule has 0 unspecified atom stereocenters. The molecule has 0 bridgehead atoms. The smallest absolute Gasteiger partial charge is 0.433 e. The van der Waals surface area contributed by atoms with Crippen LogP contribution < -0.4 is 10.2 Å². The molecular formula is C22H24F3N5O2S. The molecule has 0 atom stereocenters. The van der Waals surface area contributed by atoms with Crippen LogP contribution in [0.5, 0.6) is 0 Å². The molecule has 0 aliphatic rings. The van der Waals surface area contributed by atoms with Crippen LogP contribution in [-0.2, 0) is 18.3 Å². The monoisotopic (exact) mass is 479 g/mol. The maximum absolute atomic E-state index is 13.3. The fourth-order valence-corrected chi connectivity index (χ4v) is 3.67. The van der Waals surface area contributed by atoms with Gasteiger partial charge in [0.2, 0.25) is 0 Å². The molecule has 11 heteroatoms. The van der Waals surface area contributed by atoms with Crippen LogP contribution in [0.15, 0.2) is 52.2 Å². The van der Waals surface area contributed by atoms with E-state index in [-0.39, 0.29) is 28.4 Å². The van der Waals surface area contributed by atoms with E-state index in [2.05, 4.69) is 20.3 Å². The second-order valence-electron chi connectivity index (χ2n) is 7.19. The molecule has 3 aromatic heterocycles. The highest BCUT2D eigenvalue weighted by atomic mass is 32.2. The van der Waals surface area contributed by atoms with E-state index < -0.39 is 11.9 Å². The molecule has 176 valence electrons. The lowest BCUT2D eigenvalue weighted by atomic mass is 10.2. The van der Waals surface area contributed by atoms with Gasteiger partial charge in [0.25, 0.3) is 5.91 Å². The van der Waals surface area contributed by atoms with Crippen molar-refractivity contribution < 1.29 is 22.4 Å². The van der Waals surface area contributed by atoms with E-state index in [0.717, 1.165) is 29.9 Å². The molecule has 0 fully saturated rings. The van der Waals surface area contributed by atoms with Crippen molar-refractivity contribution in [2.24, 2.45) is 0 Å². The molecule has 0 saturated heterocycles. The average molecular weight is 480 g/mol. The number of furan rings is 1. The van der Waals surface area contributed by atoms with E-state index in [1.165, 1.54) is 6.07 Å². The molecule has 0 radical (unpaired) electrons. The summed E-state index contributed by atoms with van der Waals surface area (Å²) >= 11 is 1.01. The van der Waals surface area contributed by atoms with Crippen LogP contribution in [0.1, 0.15) is 41.0 Å². The van der Waals surface area contributed by atoms with Crippen molar-refractivity contribution in [3.8, 4) is 0 Å². The molecule has 1 N–H and O–H groups in total. The Bertz CT molecular complexity index is 1060. The van der Waals surface area contributed by atoms with E-state index in [9.17, 15) is 18.0 Å². The summed E-state index contributed by atoms with van der Waals surface area (Å²) < 4.78 is 45.4. The Morgan fingerprint density at radius 3 is 2.73 bits per heavy atom. The maximum atomic E-state index is 13.3. The Kier molecular flexibility index (Phi) is 8.32. The van der Waals surface area contributed by atoms with Crippen LogP contribution in [0.3, 0.4) is 0 Å². The van der Waals surface area contributed by atoms with Gasteiger partial charge in [-0.1, -0.05) is 24.8 Å². The lowest BCUT2D eigenvalue weighted by Crippen LogP contribution is -2.25. The third kappa shape index (κ3) is 7.21. The maximum Gasteiger partial charge on any atom is 0.433 e. The number of thioether (sulfide) groups is 1. The summed E-state index contributed by atoms with van der Waals surface area (Å²) in [6.45, 7) is 2.89. The number of carbonyl (C=O) groups is 1. The number of alkyl halides is 3. The van der Waals surface area contributed by atoms with Crippen molar-refractivity contribution in [1.82, 2.24) is 20.3 Å². The Hall–Kier alpha value is -3.08. The normalized spacial score (nSPS) is 11.4. The highest BCUT2D eigenvalue weighted by Crippen LogP contribution is 2.32. The second kappa shape index (κ2) is 11.2.